The molecule has 0 saturated carbocycles. The largest absolute Gasteiger partial charge is 0.455 e. The van der Waals surface area contributed by atoms with Gasteiger partial charge in [-0.25, -0.2) is 19.9 Å². The molecule has 0 aliphatic rings. The fraction of sp³-hybridized carbons (Fsp3) is 0. The van der Waals surface area contributed by atoms with Crippen LogP contribution in [-0.2, 0) is 0 Å². The van der Waals surface area contributed by atoms with Gasteiger partial charge in [-0.3, -0.25) is 4.57 Å². The molecule has 62 heavy (non-hydrogen) atoms. The van der Waals surface area contributed by atoms with Gasteiger partial charge in [0.25, 0.3) is 0 Å². The molecule has 0 N–H and O–H groups in total. The molecule has 4 heterocycles. The molecule has 8 heteroatoms. The first-order chi connectivity index (χ1) is 30.7. The van der Waals surface area contributed by atoms with Crippen molar-refractivity contribution >= 4 is 43.7 Å². The zero-order valence-corrected chi connectivity index (χ0v) is 33.1. The minimum atomic E-state index is 0.501. The molecule has 4 aromatic heterocycles. The molecule has 0 amide bonds. The smallest absolute Gasteiger partial charge is 0.238 e. The van der Waals surface area contributed by atoms with Crippen molar-refractivity contribution in [3.63, 3.8) is 0 Å². The van der Waals surface area contributed by atoms with E-state index in [9.17, 15) is 0 Å². The van der Waals surface area contributed by atoms with Crippen molar-refractivity contribution < 1.29 is 4.42 Å². The summed E-state index contributed by atoms with van der Waals surface area (Å²) in [6.45, 7) is 0. The highest BCUT2D eigenvalue weighted by Gasteiger charge is 2.22. The third kappa shape index (κ3) is 6.00. The van der Waals surface area contributed by atoms with Crippen molar-refractivity contribution in [2.24, 2.45) is 0 Å². The summed E-state index contributed by atoms with van der Waals surface area (Å²) in [6, 6.07) is 67.7. The van der Waals surface area contributed by atoms with E-state index >= 15 is 0 Å². The molecule has 0 bridgehead atoms. The van der Waals surface area contributed by atoms with Gasteiger partial charge in [0.05, 0.1) is 16.6 Å². The van der Waals surface area contributed by atoms with Gasteiger partial charge in [-0.15, -0.1) is 0 Å². The molecule has 0 atom stereocenters. The first kappa shape index (κ1) is 35.3. The van der Waals surface area contributed by atoms with Crippen LogP contribution in [0.25, 0.3) is 118 Å². The standard InChI is InChI=1S/C54H33N7O/c1-5-17-34(18-6-1)39-26-16-30-45-47(39)42-25-13-14-29-44(42)61(45)54-59-51(37-23-11-4-12-24-37)58-53(60-54)43-28-15-27-41-40-32-31-38(33-46(40)62-48(41)43)52-56-49(35-19-7-2-8-20-35)55-50(57-52)36-21-9-3-10-22-36/h1-33H. The number of fused-ring (bicyclic) bond motifs is 6. The normalized spacial score (nSPS) is 11.5. The molecule has 290 valence electrons. The van der Waals surface area contributed by atoms with E-state index in [4.69, 9.17) is 34.3 Å². The number of hydrogen-bond donors (Lipinski definition) is 0. The predicted octanol–water partition coefficient (Wildman–Crippen LogP) is 13.1. The summed E-state index contributed by atoms with van der Waals surface area (Å²) in [6.07, 6.45) is 0. The van der Waals surface area contributed by atoms with E-state index in [0.717, 1.165) is 71.5 Å². The summed E-state index contributed by atoms with van der Waals surface area (Å²) in [7, 11) is 0. The molecule has 0 radical (unpaired) electrons. The molecule has 12 rings (SSSR count). The average molecular weight is 796 g/mol. The summed E-state index contributed by atoms with van der Waals surface area (Å²) in [4.78, 5) is 30.5. The molecule has 0 fully saturated rings. The Labute approximate surface area is 355 Å². The molecule has 0 saturated heterocycles. The third-order valence-corrected chi connectivity index (χ3v) is 11.3. The summed E-state index contributed by atoms with van der Waals surface area (Å²) in [5, 5.41) is 4.16. The van der Waals surface area contributed by atoms with E-state index < -0.39 is 0 Å². The Kier molecular flexibility index (Phi) is 8.31. The number of nitrogens with zero attached hydrogens (tertiary/aromatic N) is 7. The van der Waals surface area contributed by atoms with Crippen LogP contribution in [0.15, 0.2) is 205 Å². The van der Waals surface area contributed by atoms with Gasteiger partial charge < -0.3 is 4.42 Å². The Morgan fingerprint density at radius 1 is 0.323 bits per heavy atom. The Bertz CT molecular complexity index is 3570. The van der Waals surface area contributed by atoms with Crippen molar-refractivity contribution in [2.45, 2.75) is 0 Å². The van der Waals surface area contributed by atoms with E-state index in [1.807, 2.05) is 121 Å². The van der Waals surface area contributed by atoms with Gasteiger partial charge in [-0.1, -0.05) is 170 Å². The van der Waals surface area contributed by atoms with Crippen LogP contribution in [0.4, 0.5) is 0 Å². The topological polar surface area (TPSA) is 95.4 Å². The van der Waals surface area contributed by atoms with Crippen LogP contribution in [0.2, 0.25) is 0 Å². The highest BCUT2D eigenvalue weighted by molar-refractivity contribution is 6.15. The Morgan fingerprint density at radius 3 is 1.47 bits per heavy atom. The summed E-state index contributed by atoms with van der Waals surface area (Å²) in [5.41, 5.74) is 9.93. The van der Waals surface area contributed by atoms with E-state index in [2.05, 4.69) is 83.4 Å². The maximum Gasteiger partial charge on any atom is 0.238 e. The van der Waals surface area contributed by atoms with Crippen molar-refractivity contribution in [2.75, 3.05) is 0 Å². The van der Waals surface area contributed by atoms with Gasteiger partial charge >= 0.3 is 0 Å². The quantitative estimate of drug-likeness (QED) is 0.158. The number of benzene rings is 8. The van der Waals surface area contributed by atoms with Crippen LogP contribution in [0.3, 0.4) is 0 Å². The Morgan fingerprint density at radius 2 is 0.806 bits per heavy atom. The minimum absolute atomic E-state index is 0.501. The second kappa shape index (κ2) is 14.6. The van der Waals surface area contributed by atoms with Gasteiger partial charge in [-0.2, -0.15) is 9.97 Å². The second-order valence-electron chi connectivity index (χ2n) is 15.1. The molecular formula is C54H33N7O. The van der Waals surface area contributed by atoms with Crippen LogP contribution >= 0.6 is 0 Å². The van der Waals surface area contributed by atoms with Crippen LogP contribution in [0.1, 0.15) is 0 Å². The Balaban J connectivity index is 1.05. The van der Waals surface area contributed by atoms with Gasteiger partial charge in [0.2, 0.25) is 5.95 Å². The van der Waals surface area contributed by atoms with Crippen LogP contribution in [0, 0.1) is 0 Å². The number of para-hydroxylation sites is 2. The van der Waals surface area contributed by atoms with Crippen LogP contribution in [0.5, 0.6) is 0 Å². The second-order valence-corrected chi connectivity index (χ2v) is 15.1. The number of furan rings is 1. The minimum Gasteiger partial charge on any atom is -0.455 e. The molecule has 12 aromatic rings. The summed E-state index contributed by atoms with van der Waals surface area (Å²) >= 11 is 0. The summed E-state index contributed by atoms with van der Waals surface area (Å²) < 4.78 is 8.99. The fourth-order valence-electron chi connectivity index (χ4n) is 8.45. The number of rotatable bonds is 7. The number of aromatic nitrogens is 7. The van der Waals surface area contributed by atoms with E-state index in [1.54, 1.807) is 0 Å². The van der Waals surface area contributed by atoms with E-state index in [0.29, 0.717) is 46.2 Å². The lowest BCUT2D eigenvalue weighted by Crippen LogP contribution is -2.06. The first-order valence-corrected chi connectivity index (χ1v) is 20.5. The fourth-order valence-corrected chi connectivity index (χ4v) is 8.45. The molecular weight excluding hydrogens is 763 g/mol. The van der Waals surface area contributed by atoms with Crippen molar-refractivity contribution in [1.29, 1.82) is 0 Å². The van der Waals surface area contributed by atoms with Crippen molar-refractivity contribution in [1.82, 2.24) is 34.5 Å². The lowest BCUT2D eigenvalue weighted by atomic mass is 9.99. The molecule has 0 aliphatic carbocycles. The molecule has 0 spiro atoms. The zero-order valence-electron chi connectivity index (χ0n) is 33.1. The monoisotopic (exact) mass is 795 g/mol. The SMILES string of the molecule is c1ccc(-c2nc(-c3ccccc3)nc(-c3ccc4c(c3)oc3c(-c5nc(-c6ccccc6)nc(-n6c7ccccc7c7c(-c8ccccc8)cccc76)n5)cccc34)n2)cc1. The van der Waals surface area contributed by atoms with Gasteiger partial charge in [-0.05, 0) is 41.5 Å². The first-order valence-electron chi connectivity index (χ1n) is 20.5. The maximum absolute atomic E-state index is 6.83. The summed E-state index contributed by atoms with van der Waals surface area (Å²) in [5.74, 6) is 3.32. The molecule has 8 aromatic carbocycles. The molecule has 0 aliphatic heterocycles. The number of hydrogen-bond acceptors (Lipinski definition) is 7. The maximum atomic E-state index is 6.83. The average Bonchev–Trinajstić information content (AvgIpc) is 3.90. The van der Waals surface area contributed by atoms with E-state index in [1.165, 1.54) is 0 Å². The van der Waals surface area contributed by atoms with Crippen LogP contribution in [-0.4, -0.2) is 34.5 Å². The van der Waals surface area contributed by atoms with Gasteiger partial charge in [0, 0.05) is 43.8 Å². The lowest BCUT2D eigenvalue weighted by molar-refractivity contribution is 0.669. The Hall–Kier alpha value is -8.62. The third-order valence-electron chi connectivity index (χ3n) is 11.3. The predicted molar refractivity (Wildman–Crippen MR) is 247 cm³/mol. The highest BCUT2D eigenvalue weighted by atomic mass is 16.3. The van der Waals surface area contributed by atoms with Crippen LogP contribution < -0.4 is 0 Å². The van der Waals surface area contributed by atoms with E-state index in [-0.39, 0.29) is 0 Å². The van der Waals surface area contributed by atoms with Gasteiger partial charge in [0.1, 0.15) is 11.2 Å². The highest BCUT2D eigenvalue weighted by Crippen LogP contribution is 2.40. The molecule has 0 unspecified atom stereocenters. The van der Waals surface area contributed by atoms with Crippen molar-refractivity contribution in [3.05, 3.63) is 200 Å². The van der Waals surface area contributed by atoms with Crippen molar-refractivity contribution in [3.8, 4) is 74.0 Å². The zero-order chi connectivity index (χ0) is 41.0. The lowest BCUT2D eigenvalue weighted by Gasteiger charge is -2.11. The van der Waals surface area contributed by atoms with Gasteiger partial charge in [0.15, 0.2) is 29.1 Å². The molecule has 8 nitrogen and oxygen atoms in total.